The zero-order valence-corrected chi connectivity index (χ0v) is 12.2. The van der Waals surface area contributed by atoms with Gasteiger partial charge in [0.1, 0.15) is 5.75 Å². The molecule has 0 fully saturated rings. The lowest BCUT2D eigenvalue weighted by atomic mass is 9.99. The van der Waals surface area contributed by atoms with Gasteiger partial charge in [0.25, 0.3) is 0 Å². The van der Waals surface area contributed by atoms with E-state index >= 15 is 0 Å². The van der Waals surface area contributed by atoms with Crippen molar-refractivity contribution in [2.45, 2.75) is 13.3 Å². The minimum Gasteiger partial charge on any atom is -0.493 e. The molecule has 1 aliphatic heterocycles. The number of ketones is 1. The molecule has 0 aromatic heterocycles. The van der Waals surface area contributed by atoms with E-state index in [-0.39, 0.29) is 5.78 Å². The highest BCUT2D eigenvalue weighted by Gasteiger charge is 2.16. The van der Waals surface area contributed by atoms with Gasteiger partial charge in [-0.2, -0.15) is 0 Å². The molecule has 0 amide bonds. The van der Waals surface area contributed by atoms with E-state index in [1.807, 2.05) is 43.3 Å². The monoisotopic (exact) mass is 316 g/mol. The van der Waals surface area contributed by atoms with Gasteiger partial charge in [-0.1, -0.05) is 15.9 Å². The zero-order chi connectivity index (χ0) is 13.4. The molecule has 1 aliphatic rings. The lowest BCUT2D eigenvalue weighted by Gasteiger charge is -2.05. The summed E-state index contributed by atoms with van der Waals surface area (Å²) in [6.07, 6.45) is 0.883. The molecule has 0 saturated heterocycles. The summed E-state index contributed by atoms with van der Waals surface area (Å²) >= 11 is 3.43. The minimum absolute atomic E-state index is 0.0547. The van der Waals surface area contributed by atoms with Gasteiger partial charge in [0.05, 0.1) is 6.61 Å². The molecule has 2 aromatic carbocycles. The number of fused-ring (bicyclic) bond motifs is 1. The Balaban J connectivity index is 1.99. The lowest BCUT2D eigenvalue weighted by molar-refractivity contribution is 0.103. The van der Waals surface area contributed by atoms with Crippen molar-refractivity contribution in [3.63, 3.8) is 0 Å². The summed E-state index contributed by atoms with van der Waals surface area (Å²) in [7, 11) is 0. The molecule has 2 aromatic rings. The Morgan fingerprint density at radius 1 is 1.16 bits per heavy atom. The SMILES string of the molecule is Cc1cc(Br)cc(C(=O)c2ccc3c(c2)CCO3)c1. The van der Waals surface area contributed by atoms with E-state index in [1.165, 1.54) is 0 Å². The van der Waals surface area contributed by atoms with E-state index in [0.29, 0.717) is 12.2 Å². The van der Waals surface area contributed by atoms with Crippen molar-refractivity contribution in [1.29, 1.82) is 0 Å². The first kappa shape index (κ1) is 12.4. The standard InChI is InChI=1S/C16H13BrO2/c1-10-6-13(9-14(17)7-10)16(18)12-2-3-15-11(8-12)4-5-19-15/h2-3,6-9H,4-5H2,1H3. The minimum atomic E-state index is 0.0547. The van der Waals surface area contributed by atoms with Gasteiger partial charge in [0.2, 0.25) is 0 Å². The van der Waals surface area contributed by atoms with E-state index < -0.39 is 0 Å². The highest BCUT2D eigenvalue weighted by Crippen LogP contribution is 2.27. The number of aryl methyl sites for hydroxylation is 1. The number of carbonyl (C=O) groups excluding carboxylic acids is 1. The Bertz CT molecular complexity index is 642. The van der Waals surface area contributed by atoms with Crippen LogP contribution in [0.15, 0.2) is 40.9 Å². The van der Waals surface area contributed by atoms with Crippen LogP contribution in [0.4, 0.5) is 0 Å². The van der Waals surface area contributed by atoms with Gasteiger partial charge < -0.3 is 4.74 Å². The maximum atomic E-state index is 12.5. The van der Waals surface area contributed by atoms with Gasteiger partial charge in [0.15, 0.2) is 5.78 Å². The molecule has 0 spiro atoms. The second-order valence-corrected chi connectivity index (χ2v) is 5.68. The number of ether oxygens (including phenoxy) is 1. The zero-order valence-electron chi connectivity index (χ0n) is 10.6. The molecule has 3 heteroatoms. The normalized spacial score (nSPS) is 12.9. The predicted octanol–water partition coefficient (Wildman–Crippen LogP) is 3.92. The quantitative estimate of drug-likeness (QED) is 0.785. The molecular formula is C16H13BrO2. The fourth-order valence-electron chi connectivity index (χ4n) is 2.36. The molecular weight excluding hydrogens is 304 g/mol. The van der Waals surface area contributed by atoms with Crippen molar-refractivity contribution < 1.29 is 9.53 Å². The van der Waals surface area contributed by atoms with Crippen LogP contribution in [0.25, 0.3) is 0 Å². The molecule has 19 heavy (non-hydrogen) atoms. The number of hydrogen-bond donors (Lipinski definition) is 0. The second-order valence-electron chi connectivity index (χ2n) is 4.77. The highest BCUT2D eigenvalue weighted by molar-refractivity contribution is 9.10. The number of hydrogen-bond acceptors (Lipinski definition) is 2. The van der Waals surface area contributed by atoms with Crippen molar-refractivity contribution in [3.05, 3.63) is 63.1 Å². The first-order valence-electron chi connectivity index (χ1n) is 6.21. The van der Waals surface area contributed by atoms with Crippen LogP contribution < -0.4 is 4.74 Å². The fourth-order valence-corrected chi connectivity index (χ4v) is 2.97. The maximum absolute atomic E-state index is 12.5. The third-order valence-electron chi connectivity index (χ3n) is 3.26. The molecule has 0 unspecified atom stereocenters. The summed E-state index contributed by atoms with van der Waals surface area (Å²) in [5.41, 5.74) is 3.63. The van der Waals surface area contributed by atoms with Crippen LogP contribution >= 0.6 is 15.9 Å². The Hall–Kier alpha value is -1.61. The maximum Gasteiger partial charge on any atom is 0.193 e. The first-order valence-corrected chi connectivity index (χ1v) is 7.00. The second kappa shape index (κ2) is 4.82. The van der Waals surface area contributed by atoms with E-state index in [4.69, 9.17) is 4.74 Å². The van der Waals surface area contributed by atoms with Gasteiger partial charge in [0, 0.05) is 22.0 Å². The summed E-state index contributed by atoms with van der Waals surface area (Å²) in [6.45, 7) is 2.70. The topological polar surface area (TPSA) is 26.3 Å². The molecule has 2 nitrogen and oxygen atoms in total. The molecule has 96 valence electrons. The molecule has 0 N–H and O–H groups in total. The molecule has 1 heterocycles. The smallest absolute Gasteiger partial charge is 0.193 e. The van der Waals surface area contributed by atoms with Crippen molar-refractivity contribution in [2.75, 3.05) is 6.61 Å². The van der Waals surface area contributed by atoms with Crippen molar-refractivity contribution in [3.8, 4) is 5.75 Å². The van der Waals surface area contributed by atoms with Crippen LogP contribution in [-0.4, -0.2) is 12.4 Å². The summed E-state index contributed by atoms with van der Waals surface area (Å²) in [5.74, 6) is 0.959. The van der Waals surface area contributed by atoms with E-state index in [9.17, 15) is 4.79 Å². The molecule has 3 rings (SSSR count). The van der Waals surface area contributed by atoms with Gasteiger partial charge in [-0.15, -0.1) is 0 Å². The molecule has 0 aliphatic carbocycles. The van der Waals surface area contributed by atoms with Gasteiger partial charge >= 0.3 is 0 Å². The lowest BCUT2D eigenvalue weighted by Crippen LogP contribution is -2.02. The Labute approximate surface area is 120 Å². The van der Waals surface area contributed by atoms with E-state index in [0.717, 1.165) is 33.3 Å². The number of halogens is 1. The largest absolute Gasteiger partial charge is 0.493 e. The van der Waals surface area contributed by atoms with Crippen LogP contribution in [0.3, 0.4) is 0 Å². The summed E-state index contributed by atoms with van der Waals surface area (Å²) in [4.78, 5) is 12.5. The van der Waals surface area contributed by atoms with Crippen LogP contribution in [0.2, 0.25) is 0 Å². The van der Waals surface area contributed by atoms with Crippen molar-refractivity contribution in [1.82, 2.24) is 0 Å². The third kappa shape index (κ3) is 2.43. The third-order valence-corrected chi connectivity index (χ3v) is 3.71. The summed E-state index contributed by atoms with van der Waals surface area (Å²) < 4.78 is 6.39. The predicted molar refractivity (Wildman–Crippen MR) is 78.0 cm³/mol. The van der Waals surface area contributed by atoms with E-state index in [1.54, 1.807) is 0 Å². The van der Waals surface area contributed by atoms with Gasteiger partial charge in [-0.05, 0) is 54.4 Å². The van der Waals surface area contributed by atoms with Crippen LogP contribution in [0.5, 0.6) is 5.75 Å². The average Bonchev–Trinajstić information content (AvgIpc) is 2.83. The first-order chi connectivity index (χ1) is 9.13. The molecule has 0 atom stereocenters. The Morgan fingerprint density at radius 2 is 2.00 bits per heavy atom. The molecule has 0 saturated carbocycles. The van der Waals surface area contributed by atoms with Crippen LogP contribution in [0, 0.1) is 6.92 Å². The van der Waals surface area contributed by atoms with Crippen molar-refractivity contribution >= 4 is 21.7 Å². The summed E-state index contributed by atoms with van der Waals surface area (Å²) in [5, 5.41) is 0. The Morgan fingerprint density at radius 3 is 2.79 bits per heavy atom. The van der Waals surface area contributed by atoms with Gasteiger partial charge in [-0.3, -0.25) is 4.79 Å². The molecule has 0 radical (unpaired) electrons. The van der Waals surface area contributed by atoms with E-state index in [2.05, 4.69) is 15.9 Å². The number of rotatable bonds is 2. The highest BCUT2D eigenvalue weighted by atomic mass is 79.9. The Kier molecular flexibility index (Phi) is 3.15. The van der Waals surface area contributed by atoms with Gasteiger partial charge in [-0.25, -0.2) is 0 Å². The fraction of sp³-hybridized carbons (Fsp3) is 0.188. The van der Waals surface area contributed by atoms with Crippen molar-refractivity contribution in [2.24, 2.45) is 0 Å². The average molecular weight is 317 g/mol. The van der Waals surface area contributed by atoms with Crippen LogP contribution in [0.1, 0.15) is 27.0 Å². The summed E-state index contributed by atoms with van der Waals surface area (Å²) in [6, 6.07) is 11.4. The van der Waals surface area contributed by atoms with Crippen LogP contribution in [-0.2, 0) is 6.42 Å². The molecule has 0 bridgehead atoms. The number of benzene rings is 2. The number of carbonyl (C=O) groups is 1.